The molecular weight excluding hydrogens is 326 g/mol. The predicted molar refractivity (Wildman–Crippen MR) is 109 cm³/mol. The Morgan fingerprint density at radius 1 is 1.27 bits per heavy atom. The van der Waals surface area contributed by atoms with Crippen LogP contribution in [0.5, 0.6) is 0 Å². The van der Waals surface area contributed by atoms with E-state index in [1.807, 2.05) is 46.2 Å². The second-order valence-corrected chi connectivity index (χ2v) is 8.11. The molecule has 152 valence electrons. The van der Waals surface area contributed by atoms with Gasteiger partial charge in [0.1, 0.15) is 5.60 Å². The fourth-order valence-corrected chi connectivity index (χ4v) is 2.43. The highest BCUT2D eigenvalue weighted by molar-refractivity contribution is 5.37. The zero-order valence-corrected chi connectivity index (χ0v) is 18.3. The van der Waals surface area contributed by atoms with Gasteiger partial charge in [-0.1, -0.05) is 20.8 Å². The van der Waals surface area contributed by atoms with E-state index in [1.165, 1.54) is 32.4 Å². The average molecular weight is 368 g/mol. The monoisotopic (exact) mass is 367 g/mol. The zero-order chi connectivity index (χ0) is 20.2. The van der Waals surface area contributed by atoms with Crippen molar-refractivity contribution in [1.82, 2.24) is 14.7 Å². The number of carbonyl (C=O) groups is 1. The van der Waals surface area contributed by atoms with Crippen LogP contribution in [0.15, 0.2) is 12.3 Å². The summed E-state index contributed by atoms with van der Waals surface area (Å²) < 4.78 is 6.60. The minimum atomic E-state index is -0.318. The molecule has 2 heterocycles. The maximum Gasteiger partial charge on any atom is 0.293 e. The molecule has 1 saturated carbocycles. The Balaban J connectivity index is 0.000000353. The van der Waals surface area contributed by atoms with Gasteiger partial charge in [0.05, 0.1) is 5.69 Å². The Labute approximate surface area is 161 Å². The van der Waals surface area contributed by atoms with Crippen LogP contribution in [0.1, 0.15) is 66.5 Å². The number of carbonyl (C=O) groups excluding carboxylic acids is 1. The van der Waals surface area contributed by atoms with Gasteiger partial charge in [-0.25, -0.2) is 0 Å². The van der Waals surface area contributed by atoms with Crippen LogP contribution in [0.3, 0.4) is 0 Å². The van der Waals surface area contributed by atoms with E-state index in [0.717, 1.165) is 24.1 Å². The third-order valence-electron chi connectivity index (χ3n) is 3.94. The molecule has 5 heteroatoms. The van der Waals surface area contributed by atoms with Crippen molar-refractivity contribution in [1.29, 1.82) is 0 Å². The maximum absolute atomic E-state index is 9.60. The van der Waals surface area contributed by atoms with Crippen LogP contribution < -0.4 is 0 Å². The second-order valence-electron chi connectivity index (χ2n) is 8.11. The van der Waals surface area contributed by atoms with Crippen LogP contribution in [0.2, 0.25) is 0 Å². The summed E-state index contributed by atoms with van der Waals surface area (Å²) >= 11 is 0. The fourth-order valence-electron chi connectivity index (χ4n) is 2.43. The average Bonchev–Trinajstić information content (AvgIpc) is 3.15. The second kappa shape index (κ2) is 12.9. The minimum absolute atomic E-state index is 0.318. The van der Waals surface area contributed by atoms with Crippen LogP contribution >= 0.6 is 0 Å². The third kappa shape index (κ3) is 13.9. The normalized spacial score (nSPS) is 19.2. The summed E-state index contributed by atoms with van der Waals surface area (Å²) in [5, 5.41) is 4.31. The lowest BCUT2D eigenvalue weighted by Gasteiger charge is -2.14. The van der Waals surface area contributed by atoms with E-state index >= 15 is 0 Å². The van der Waals surface area contributed by atoms with E-state index < -0.39 is 0 Å². The first-order valence-electron chi connectivity index (χ1n) is 9.99. The van der Waals surface area contributed by atoms with Crippen molar-refractivity contribution in [3.63, 3.8) is 0 Å². The van der Waals surface area contributed by atoms with Gasteiger partial charge in [0, 0.05) is 19.3 Å². The molecule has 1 aromatic rings. The van der Waals surface area contributed by atoms with Crippen molar-refractivity contribution in [2.45, 2.75) is 79.9 Å². The van der Waals surface area contributed by atoms with Gasteiger partial charge in [-0.3, -0.25) is 9.48 Å². The van der Waals surface area contributed by atoms with E-state index in [4.69, 9.17) is 0 Å². The Morgan fingerprint density at radius 3 is 2.12 bits per heavy atom. The van der Waals surface area contributed by atoms with Gasteiger partial charge in [0.25, 0.3) is 6.47 Å². The number of ether oxygens (including phenoxy) is 1. The van der Waals surface area contributed by atoms with E-state index in [0.29, 0.717) is 6.47 Å². The molecule has 1 saturated heterocycles. The van der Waals surface area contributed by atoms with Crippen molar-refractivity contribution < 1.29 is 9.53 Å². The van der Waals surface area contributed by atoms with Crippen LogP contribution in [-0.4, -0.2) is 46.9 Å². The summed E-state index contributed by atoms with van der Waals surface area (Å²) in [6.07, 6.45) is 6.27. The quantitative estimate of drug-likeness (QED) is 0.736. The molecule has 1 aromatic heterocycles. The molecule has 0 radical (unpaired) electrons. The molecule has 5 nitrogen and oxygen atoms in total. The van der Waals surface area contributed by atoms with E-state index in [2.05, 4.69) is 41.0 Å². The molecule has 0 N–H and O–H groups in total. The summed E-state index contributed by atoms with van der Waals surface area (Å²) in [4.78, 5) is 12.0. The van der Waals surface area contributed by atoms with Crippen LogP contribution in [0, 0.1) is 18.8 Å². The molecule has 1 unspecified atom stereocenters. The van der Waals surface area contributed by atoms with Gasteiger partial charge in [0.2, 0.25) is 0 Å². The first-order chi connectivity index (χ1) is 12.2. The largest absolute Gasteiger partial charge is 0.462 e. The minimum Gasteiger partial charge on any atom is -0.462 e. The first kappa shape index (κ1) is 24.6. The number of aromatic nitrogens is 2. The number of rotatable bonds is 3. The highest BCUT2D eigenvalue weighted by Gasteiger charge is 2.21. The maximum atomic E-state index is 9.60. The summed E-state index contributed by atoms with van der Waals surface area (Å²) in [6.45, 7) is 18.0. The van der Waals surface area contributed by atoms with Gasteiger partial charge in [0.15, 0.2) is 0 Å². The first-order valence-corrected chi connectivity index (χ1v) is 9.99. The van der Waals surface area contributed by atoms with Gasteiger partial charge in [-0.15, -0.1) is 0 Å². The molecule has 1 atom stereocenters. The van der Waals surface area contributed by atoms with Crippen molar-refractivity contribution in [3.05, 3.63) is 18.0 Å². The standard InChI is InChI=1S/C8H12N2.C6H13N.C5H10O2.C2H6/c1-7-4-5-10(9-7)6-8-2-3-8;1-6-3-4-7(2)5-6;1-5(2,3)7-4-6;1-2/h4-5,8H,2-3,6H2,1H3;6H,3-5H2,1-2H3;4H,1-3H3;1-2H3. The molecule has 2 aliphatic rings. The molecule has 0 spiro atoms. The summed E-state index contributed by atoms with van der Waals surface area (Å²) in [7, 11) is 2.18. The van der Waals surface area contributed by atoms with Crippen LogP contribution in [-0.2, 0) is 16.1 Å². The molecular formula is C21H41N3O2. The van der Waals surface area contributed by atoms with Gasteiger partial charge >= 0.3 is 0 Å². The fraction of sp³-hybridized carbons (Fsp3) is 0.810. The lowest BCUT2D eigenvalue weighted by molar-refractivity contribution is -0.138. The summed E-state index contributed by atoms with van der Waals surface area (Å²) in [5.41, 5.74) is 0.808. The summed E-state index contributed by atoms with van der Waals surface area (Å²) in [5.74, 6) is 1.88. The Kier molecular flexibility index (Phi) is 12.2. The zero-order valence-electron chi connectivity index (χ0n) is 18.3. The van der Waals surface area contributed by atoms with Crippen molar-refractivity contribution in [3.8, 4) is 0 Å². The van der Waals surface area contributed by atoms with Crippen LogP contribution in [0.25, 0.3) is 0 Å². The topological polar surface area (TPSA) is 47.4 Å². The lowest BCUT2D eigenvalue weighted by atomic mass is 10.2. The number of likely N-dealkylation sites (tertiary alicyclic amines) is 1. The van der Waals surface area contributed by atoms with Gasteiger partial charge < -0.3 is 9.64 Å². The van der Waals surface area contributed by atoms with E-state index in [-0.39, 0.29) is 5.60 Å². The molecule has 1 aliphatic heterocycles. The smallest absolute Gasteiger partial charge is 0.293 e. The Morgan fingerprint density at radius 2 is 1.88 bits per heavy atom. The van der Waals surface area contributed by atoms with Gasteiger partial charge in [-0.2, -0.15) is 5.10 Å². The highest BCUT2D eigenvalue weighted by atomic mass is 16.5. The number of aryl methyl sites for hydroxylation is 1. The van der Waals surface area contributed by atoms with Gasteiger partial charge in [-0.05, 0) is 78.5 Å². The third-order valence-corrected chi connectivity index (χ3v) is 3.94. The number of nitrogens with zero attached hydrogens (tertiary/aromatic N) is 3. The van der Waals surface area contributed by atoms with Crippen molar-refractivity contribution in [2.24, 2.45) is 11.8 Å². The Bertz CT molecular complexity index is 468. The molecule has 3 rings (SSSR count). The molecule has 2 fully saturated rings. The predicted octanol–water partition coefficient (Wildman–Crippen LogP) is 4.54. The number of hydrogen-bond donors (Lipinski definition) is 0. The van der Waals surface area contributed by atoms with Crippen LogP contribution in [0.4, 0.5) is 0 Å². The molecule has 26 heavy (non-hydrogen) atoms. The molecule has 0 aromatic carbocycles. The molecule has 0 amide bonds. The SMILES string of the molecule is CC.CC(C)(C)OC=O.CC1CCN(C)C1.Cc1ccn(CC2CC2)n1. The number of hydrogen-bond acceptors (Lipinski definition) is 4. The summed E-state index contributed by atoms with van der Waals surface area (Å²) in [6, 6.07) is 2.06. The highest BCUT2D eigenvalue weighted by Crippen LogP contribution is 2.30. The molecule has 0 bridgehead atoms. The lowest BCUT2D eigenvalue weighted by Crippen LogP contribution is -2.17. The van der Waals surface area contributed by atoms with Crippen molar-refractivity contribution in [2.75, 3.05) is 20.1 Å². The Hall–Kier alpha value is -1.36. The van der Waals surface area contributed by atoms with E-state index in [1.54, 1.807) is 0 Å². The van der Waals surface area contributed by atoms with Crippen molar-refractivity contribution >= 4 is 6.47 Å². The molecule has 1 aliphatic carbocycles. The van der Waals surface area contributed by atoms with E-state index in [9.17, 15) is 4.79 Å².